The Labute approximate surface area is 206 Å². The lowest BCUT2D eigenvalue weighted by molar-refractivity contribution is -0.153. The van der Waals surface area contributed by atoms with Gasteiger partial charge in [-0.3, -0.25) is 14.4 Å². The third-order valence-electron chi connectivity index (χ3n) is 5.85. The minimum absolute atomic E-state index is 0.112. The number of aryl methyl sites for hydroxylation is 2. The van der Waals surface area contributed by atoms with E-state index in [9.17, 15) is 22.8 Å². The van der Waals surface area contributed by atoms with Crippen LogP contribution in [0.3, 0.4) is 0 Å². The second kappa shape index (κ2) is 11.5. The zero-order valence-electron chi connectivity index (χ0n) is 20.2. The van der Waals surface area contributed by atoms with E-state index in [0.717, 1.165) is 11.1 Å². The van der Waals surface area contributed by atoms with E-state index in [-0.39, 0.29) is 43.4 Å². The van der Waals surface area contributed by atoms with E-state index in [1.807, 2.05) is 19.1 Å². The number of nitrogens with zero attached hydrogens (tertiary/aromatic N) is 2. The van der Waals surface area contributed by atoms with Crippen LogP contribution in [0.5, 0.6) is 0 Å². The molecule has 0 spiro atoms. The Morgan fingerprint density at radius 1 is 1.00 bits per heavy atom. The number of benzene rings is 2. The maximum absolute atomic E-state index is 13.0. The molecule has 1 N–H and O–H groups in total. The molecule has 2 amide bonds. The summed E-state index contributed by atoms with van der Waals surface area (Å²) in [5.41, 5.74) is 2.43. The van der Waals surface area contributed by atoms with Gasteiger partial charge in [-0.2, -0.15) is 4.31 Å². The van der Waals surface area contributed by atoms with Crippen LogP contribution in [0.2, 0.25) is 0 Å². The lowest BCUT2D eigenvalue weighted by atomic mass is 10.0. The fraction of sp³-hybridized carbons (Fsp3) is 0.400. The first-order valence-electron chi connectivity index (χ1n) is 11.4. The van der Waals surface area contributed by atoms with Crippen molar-refractivity contribution in [3.63, 3.8) is 0 Å². The molecule has 2 aromatic rings. The summed E-state index contributed by atoms with van der Waals surface area (Å²) in [6.45, 7) is 5.33. The molecule has 10 heteroatoms. The number of rotatable bonds is 8. The average Bonchev–Trinajstić information content (AvgIpc) is 2.82. The lowest BCUT2D eigenvalue weighted by Crippen LogP contribution is -2.51. The predicted octanol–water partition coefficient (Wildman–Crippen LogP) is 1.95. The lowest BCUT2D eigenvalue weighted by Gasteiger charge is -2.34. The van der Waals surface area contributed by atoms with Crippen LogP contribution in [0.1, 0.15) is 36.1 Å². The molecular formula is C25H31N3O6S. The second-order valence-corrected chi connectivity index (χ2v) is 10.5. The van der Waals surface area contributed by atoms with Gasteiger partial charge in [0.2, 0.25) is 15.9 Å². The van der Waals surface area contributed by atoms with Gasteiger partial charge >= 0.3 is 5.97 Å². The van der Waals surface area contributed by atoms with Crippen molar-refractivity contribution in [2.45, 2.75) is 38.1 Å². The highest BCUT2D eigenvalue weighted by molar-refractivity contribution is 7.89. The van der Waals surface area contributed by atoms with Crippen LogP contribution >= 0.6 is 0 Å². The second-order valence-electron chi connectivity index (χ2n) is 8.58. The SMILES string of the molecule is CC(=O)N[C@@H](CC(=O)OCC(=O)N1CCN(S(=O)(=O)c2ccc(C)cc2C)CC1)c1ccccc1. The molecule has 1 aliphatic heterocycles. The van der Waals surface area contributed by atoms with Gasteiger partial charge in [0.1, 0.15) is 0 Å². The number of hydrogen-bond acceptors (Lipinski definition) is 6. The van der Waals surface area contributed by atoms with Gasteiger partial charge in [-0.05, 0) is 31.0 Å². The summed E-state index contributed by atoms with van der Waals surface area (Å²) < 4.78 is 32.6. The maximum Gasteiger partial charge on any atom is 0.308 e. The molecule has 9 nitrogen and oxygen atoms in total. The zero-order valence-corrected chi connectivity index (χ0v) is 21.0. The quantitative estimate of drug-likeness (QED) is 0.553. The van der Waals surface area contributed by atoms with Gasteiger partial charge in [0, 0.05) is 33.1 Å². The van der Waals surface area contributed by atoms with Crippen LogP contribution in [0.15, 0.2) is 53.4 Å². The topological polar surface area (TPSA) is 113 Å². The molecule has 2 aromatic carbocycles. The summed E-state index contributed by atoms with van der Waals surface area (Å²) in [6.07, 6.45) is -0.112. The van der Waals surface area contributed by atoms with Gasteiger partial charge in [0.25, 0.3) is 5.91 Å². The van der Waals surface area contributed by atoms with Gasteiger partial charge in [0.15, 0.2) is 6.61 Å². The Bertz CT molecular complexity index is 1170. The number of nitrogens with one attached hydrogen (secondary N) is 1. The maximum atomic E-state index is 13.0. The van der Waals surface area contributed by atoms with E-state index in [2.05, 4.69) is 5.32 Å². The molecule has 35 heavy (non-hydrogen) atoms. The van der Waals surface area contributed by atoms with Crippen molar-refractivity contribution < 1.29 is 27.5 Å². The largest absolute Gasteiger partial charge is 0.455 e. The average molecular weight is 502 g/mol. The van der Waals surface area contributed by atoms with Crippen molar-refractivity contribution in [1.29, 1.82) is 0 Å². The number of esters is 1. The minimum Gasteiger partial charge on any atom is -0.455 e. The van der Waals surface area contributed by atoms with Crippen LogP contribution in [0, 0.1) is 13.8 Å². The van der Waals surface area contributed by atoms with Crippen molar-refractivity contribution >= 4 is 27.8 Å². The Morgan fingerprint density at radius 2 is 1.66 bits per heavy atom. The molecule has 0 saturated carbocycles. The summed E-state index contributed by atoms with van der Waals surface area (Å²) in [5, 5.41) is 2.72. The molecule has 1 aliphatic rings. The Morgan fingerprint density at radius 3 is 2.26 bits per heavy atom. The Kier molecular flexibility index (Phi) is 8.63. The van der Waals surface area contributed by atoms with Gasteiger partial charge in [-0.25, -0.2) is 8.42 Å². The fourth-order valence-corrected chi connectivity index (χ4v) is 5.68. The van der Waals surface area contributed by atoms with E-state index < -0.39 is 34.5 Å². The van der Waals surface area contributed by atoms with Gasteiger partial charge < -0.3 is 15.0 Å². The van der Waals surface area contributed by atoms with Gasteiger partial charge in [-0.15, -0.1) is 0 Å². The third-order valence-corrected chi connectivity index (χ3v) is 7.91. The molecule has 0 aromatic heterocycles. The molecule has 0 radical (unpaired) electrons. The first-order valence-corrected chi connectivity index (χ1v) is 12.8. The van der Waals surface area contributed by atoms with Crippen LogP contribution in [0.25, 0.3) is 0 Å². The molecule has 1 heterocycles. The van der Waals surface area contributed by atoms with Gasteiger partial charge in [-0.1, -0.05) is 48.0 Å². The molecular weight excluding hydrogens is 470 g/mol. The van der Waals surface area contributed by atoms with E-state index in [0.29, 0.717) is 5.56 Å². The normalized spacial score (nSPS) is 15.3. The summed E-state index contributed by atoms with van der Waals surface area (Å²) in [4.78, 5) is 38.2. The Balaban J connectivity index is 1.51. The number of piperazine rings is 1. The smallest absolute Gasteiger partial charge is 0.308 e. The summed E-state index contributed by atoms with van der Waals surface area (Å²) in [6, 6.07) is 13.7. The first-order chi connectivity index (χ1) is 16.6. The first kappa shape index (κ1) is 26.4. The number of amides is 2. The highest BCUT2D eigenvalue weighted by Gasteiger charge is 2.31. The molecule has 1 atom stereocenters. The van der Waals surface area contributed by atoms with Crippen molar-refractivity contribution in [1.82, 2.24) is 14.5 Å². The van der Waals surface area contributed by atoms with Crippen molar-refractivity contribution in [3.8, 4) is 0 Å². The molecule has 0 aliphatic carbocycles. The molecule has 3 rings (SSSR count). The van der Waals surface area contributed by atoms with Crippen LogP contribution < -0.4 is 5.32 Å². The predicted molar refractivity (Wildman–Crippen MR) is 130 cm³/mol. The molecule has 0 bridgehead atoms. The van der Waals surface area contributed by atoms with E-state index in [1.54, 1.807) is 43.3 Å². The number of carbonyl (C=O) groups is 3. The van der Waals surface area contributed by atoms with Crippen molar-refractivity contribution in [3.05, 3.63) is 65.2 Å². The zero-order chi connectivity index (χ0) is 25.6. The summed E-state index contributed by atoms with van der Waals surface area (Å²) in [5.74, 6) is -1.29. The van der Waals surface area contributed by atoms with E-state index in [1.165, 1.54) is 16.1 Å². The van der Waals surface area contributed by atoms with Crippen LogP contribution in [-0.2, 0) is 29.1 Å². The molecule has 0 unspecified atom stereocenters. The van der Waals surface area contributed by atoms with Crippen molar-refractivity contribution in [2.24, 2.45) is 0 Å². The van der Waals surface area contributed by atoms with Crippen LogP contribution in [0.4, 0.5) is 0 Å². The van der Waals surface area contributed by atoms with Crippen LogP contribution in [-0.4, -0.2) is 68.2 Å². The molecule has 188 valence electrons. The summed E-state index contributed by atoms with van der Waals surface area (Å²) >= 11 is 0. The highest BCUT2D eigenvalue weighted by Crippen LogP contribution is 2.22. The van der Waals surface area contributed by atoms with Crippen molar-refractivity contribution in [2.75, 3.05) is 32.8 Å². The third kappa shape index (κ3) is 6.89. The standard InChI is InChI=1S/C25H31N3O6S/c1-18-9-10-23(19(2)15-18)35(32,33)28-13-11-27(12-14-28)24(30)17-34-25(31)16-22(26-20(3)29)21-7-5-4-6-8-21/h4-10,15,22H,11-14,16-17H2,1-3H3,(H,26,29)/t22-/m0/s1. The Hall–Kier alpha value is -3.24. The van der Waals surface area contributed by atoms with E-state index in [4.69, 9.17) is 4.74 Å². The molecule has 1 saturated heterocycles. The molecule has 1 fully saturated rings. The van der Waals surface area contributed by atoms with E-state index >= 15 is 0 Å². The number of carbonyl (C=O) groups excluding carboxylic acids is 3. The minimum atomic E-state index is -3.66. The fourth-order valence-electron chi connectivity index (χ4n) is 4.05. The monoisotopic (exact) mass is 501 g/mol. The highest BCUT2D eigenvalue weighted by atomic mass is 32.2. The van der Waals surface area contributed by atoms with Gasteiger partial charge in [0.05, 0.1) is 17.4 Å². The number of ether oxygens (including phenoxy) is 1. The number of hydrogen-bond donors (Lipinski definition) is 1. The number of sulfonamides is 1. The summed E-state index contributed by atoms with van der Waals surface area (Å²) in [7, 11) is -3.66.